The van der Waals surface area contributed by atoms with Crippen molar-refractivity contribution in [3.05, 3.63) is 181 Å². The largest absolute Gasteiger partial charge is 0.300 e. The lowest BCUT2D eigenvalue weighted by atomic mass is 9.94. The van der Waals surface area contributed by atoms with Crippen LogP contribution < -0.4 is 0 Å². The van der Waals surface area contributed by atoms with Crippen LogP contribution in [0.2, 0.25) is 0 Å². The van der Waals surface area contributed by atoms with Gasteiger partial charge in [-0.3, -0.25) is 14.2 Å². The van der Waals surface area contributed by atoms with E-state index in [4.69, 9.17) is 0 Å². The molecule has 0 atom stereocenters. The maximum Gasteiger partial charge on any atom is 0.157 e. The quantitative estimate of drug-likeness (QED) is 0.118. The van der Waals surface area contributed by atoms with Gasteiger partial charge in [0.25, 0.3) is 0 Å². The van der Waals surface area contributed by atoms with Crippen molar-refractivity contribution in [2.75, 3.05) is 0 Å². The lowest BCUT2D eigenvalue weighted by Gasteiger charge is -2.11. The van der Waals surface area contributed by atoms with Gasteiger partial charge in [-0.25, -0.2) is 35.0 Å². The zero-order valence-corrected chi connectivity index (χ0v) is 38.3. The van der Waals surface area contributed by atoms with E-state index in [9.17, 15) is 30.8 Å². The molecule has 6 heterocycles. The van der Waals surface area contributed by atoms with Crippen LogP contribution in [-0.2, 0) is 40.9 Å². The molecule has 69 heavy (non-hydrogen) atoms. The Kier molecular flexibility index (Phi) is 11.6. The van der Waals surface area contributed by atoms with Crippen LogP contribution in [0.5, 0.6) is 0 Å². The number of aryl methyl sites for hydroxylation is 2. The molecule has 0 amide bonds. The van der Waals surface area contributed by atoms with E-state index >= 15 is 0 Å². The topological polar surface area (TPSA) is 121 Å². The monoisotopic (exact) mass is 946 g/mol. The third kappa shape index (κ3) is 9.48. The van der Waals surface area contributed by atoms with Crippen molar-refractivity contribution in [2.45, 2.75) is 37.2 Å². The second-order valence-electron chi connectivity index (χ2n) is 17.4. The van der Waals surface area contributed by atoms with E-state index in [0.29, 0.717) is 35.1 Å². The van der Waals surface area contributed by atoms with Crippen molar-refractivity contribution >= 4 is 26.7 Å². The summed E-state index contributed by atoms with van der Waals surface area (Å²) < 4.78 is 88.8. The molecule has 6 aromatic heterocycles. The maximum absolute atomic E-state index is 14.7. The SMILES string of the molecule is CC(=O)Cc1cc(-c2ccc(F)cc2F)cc(-c2cnn3cc(-c4cnn(C)c4)ccc23)c1.Cn1cc(-c2ccc3c(-c4cc(CS(=O)(=O)C5CC5)cc(-c5ccc(F)cc5F)c4)cnn3c2)cn1. The van der Waals surface area contributed by atoms with Crippen molar-refractivity contribution in [1.82, 2.24) is 38.8 Å². The normalized spacial score (nSPS) is 12.7. The number of aromatic nitrogens is 8. The fourth-order valence-electron chi connectivity index (χ4n) is 8.60. The number of Topliss-reactive ketones (excluding diaryl/α,β-unsaturated/α-hetero) is 1. The third-order valence-corrected chi connectivity index (χ3v) is 14.3. The van der Waals surface area contributed by atoms with Gasteiger partial charge < -0.3 is 0 Å². The first-order valence-corrected chi connectivity index (χ1v) is 23.7. The number of sulfone groups is 1. The minimum atomic E-state index is -3.30. The van der Waals surface area contributed by atoms with Crippen LogP contribution in [0.3, 0.4) is 0 Å². The van der Waals surface area contributed by atoms with Gasteiger partial charge in [0, 0.05) is 102 Å². The summed E-state index contributed by atoms with van der Waals surface area (Å²) >= 11 is 0. The molecule has 0 unspecified atom stereocenters. The standard InChI is InChI=1S/C27H22F2N4O2S.C26H20F2N4O/c1-32-14-21(12-30-32)18-2-7-27-25(13-31-33(27)15-18)20-9-17(16-36(34,35)23-4-5-23)8-19(10-20)24-6-3-22(28)11-26(24)29;1-16(33)7-17-8-19(23-5-4-22(27)11-25(23)28)10-20(9-17)24-13-30-32-15-18(3-6-26(24)32)21-12-29-31(2)14-21/h2-3,6-15,23H,4-5,16H2,1H3;3-6,8-15H,7H2,1-2H3. The van der Waals surface area contributed by atoms with Gasteiger partial charge >= 0.3 is 0 Å². The first-order valence-electron chi connectivity index (χ1n) is 22.0. The number of carbonyl (C=O) groups is 1. The summed E-state index contributed by atoms with van der Waals surface area (Å²) in [5.74, 6) is -2.80. The Morgan fingerprint density at radius 1 is 0.522 bits per heavy atom. The highest BCUT2D eigenvalue weighted by Crippen LogP contribution is 2.37. The molecule has 1 aliphatic carbocycles. The van der Waals surface area contributed by atoms with Crippen molar-refractivity contribution in [2.24, 2.45) is 14.1 Å². The van der Waals surface area contributed by atoms with Gasteiger partial charge in [-0.2, -0.15) is 20.4 Å². The number of benzene rings is 4. The van der Waals surface area contributed by atoms with Crippen LogP contribution in [0, 0.1) is 23.3 Å². The summed E-state index contributed by atoms with van der Waals surface area (Å²) in [7, 11) is 0.417. The summed E-state index contributed by atoms with van der Waals surface area (Å²) in [4.78, 5) is 11.8. The number of carbonyl (C=O) groups excluding carboxylic acids is 1. The molecule has 11 rings (SSSR count). The Labute approximate surface area is 393 Å². The molecule has 0 bridgehead atoms. The highest BCUT2D eigenvalue weighted by Gasteiger charge is 2.35. The smallest absolute Gasteiger partial charge is 0.157 e. The van der Waals surface area contributed by atoms with Gasteiger partial charge in [-0.05, 0) is 114 Å². The second-order valence-corrected chi connectivity index (χ2v) is 19.7. The highest BCUT2D eigenvalue weighted by molar-refractivity contribution is 7.91. The van der Waals surface area contributed by atoms with Gasteiger partial charge in [0.1, 0.15) is 29.1 Å². The molecular formula is C53H42F4N8O3S. The molecule has 16 heteroatoms. The summed E-state index contributed by atoms with van der Waals surface area (Å²) in [6, 6.07) is 25.6. The summed E-state index contributed by atoms with van der Waals surface area (Å²) in [6.07, 6.45) is 16.3. The van der Waals surface area contributed by atoms with E-state index < -0.39 is 33.1 Å². The molecular weight excluding hydrogens is 905 g/mol. The molecule has 1 aliphatic rings. The molecule has 4 aromatic carbocycles. The maximum atomic E-state index is 14.7. The molecule has 0 saturated heterocycles. The fourth-order valence-corrected chi connectivity index (χ4v) is 10.3. The molecule has 346 valence electrons. The number of pyridine rings is 2. The fraction of sp³-hybridized carbons (Fsp3) is 0.151. The molecule has 1 fully saturated rings. The average molecular weight is 947 g/mol. The lowest BCUT2D eigenvalue weighted by Crippen LogP contribution is -2.10. The van der Waals surface area contributed by atoms with Crippen molar-refractivity contribution < 1.29 is 30.8 Å². The Hall–Kier alpha value is -7.98. The van der Waals surface area contributed by atoms with Crippen LogP contribution in [0.25, 0.3) is 77.8 Å². The number of rotatable bonds is 11. The van der Waals surface area contributed by atoms with Gasteiger partial charge in [-0.1, -0.05) is 24.3 Å². The number of halogens is 4. The molecule has 1 saturated carbocycles. The Morgan fingerprint density at radius 3 is 1.38 bits per heavy atom. The second kappa shape index (κ2) is 17.9. The van der Waals surface area contributed by atoms with E-state index in [2.05, 4.69) is 20.4 Å². The van der Waals surface area contributed by atoms with Crippen molar-refractivity contribution in [3.8, 4) is 66.8 Å². The van der Waals surface area contributed by atoms with E-state index in [1.807, 2.05) is 81.3 Å². The highest BCUT2D eigenvalue weighted by atomic mass is 32.2. The Bertz CT molecular complexity index is 3740. The molecule has 0 spiro atoms. The minimum Gasteiger partial charge on any atom is -0.300 e. The van der Waals surface area contributed by atoms with Crippen molar-refractivity contribution in [3.63, 3.8) is 0 Å². The van der Waals surface area contributed by atoms with E-state index in [0.717, 1.165) is 67.7 Å². The zero-order valence-electron chi connectivity index (χ0n) is 37.5. The van der Waals surface area contributed by atoms with E-state index in [1.54, 1.807) is 61.4 Å². The van der Waals surface area contributed by atoms with E-state index in [-0.39, 0.29) is 34.3 Å². The number of hydrogen-bond acceptors (Lipinski definition) is 7. The molecule has 0 radical (unpaired) electrons. The number of fused-ring (bicyclic) bond motifs is 2. The molecule has 0 aliphatic heterocycles. The van der Waals surface area contributed by atoms with Crippen molar-refractivity contribution in [1.29, 1.82) is 0 Å². The van der Waals surface area contributed by atoms with E-state index in [1.165, 1.54) is 31.2 Å². The number of hydrogen-bond donors (Lipinski definition) is 0. The van der Waals surface area contributed by atoms with Crippen LogP contribution >= 0.6 is 0 Å². The number of nitrogens with zero attached hydrogens (tertiary/aromatic N) is 8. The summed E-state index contributed by atoms with van der Waals surface area (Å²) in [5.41, 5.74) is 11.5. The predicted molar refractivity (Wildman–Crippen MR) is 256 cm³/mol. The molecule has 11 nitrogen and oxygen atoms in total. The third-order valence-electron chi connectivity index (χ3n) is 12.1. The first-order chi connectivity index (χ1) is 33.1. The molecule has 0 N–H and O–H groups in total. The zero-order chi connectivity index (χ0) is 48.1. The van der Waals surface area contributed by atoms with Gasteiger partial charge in [0.05, 0.1) is 46.8 Å². The first kappa shape index (κ1) is 44.8. The lowest BCUT2D eigenvalue weighted by molar-refractivity contribution is -0.116. The number of ketones is 1. The van der Waals surface area contributed by atoms with Crippen LogP contribution in [0.4, 0.5) is 17.6 Å². The Balaban J connectivity index is 0.000000161. The molecule has 10 aromatic rings. The summed E-state index contributed by atoms with van der Waals surface area (Å²) in [6.45, 7) is 1.51. The summed E-state index contributed by atoms with van der Waals surface area (Å²) in [5, 5.41) is 17.1. The van der Waals surface area contributed by atoms with Crippen LogP contribution in [0.15, 0.2) is 147 Å². The van der Waals surface area contributed by atoms with Gasteiger partial charge in [-0.15, -0.1) is 0 Å². The Morgan fingerprint density at radius 2 is 0.971 bits per heavy atom. The van der Waals surface area contributed by atoms with Gasteiger partial charge in [0.15, 0.2) is 9.84 Å². The average Bonchev–Trinajstić information content (AvgIpc) is 3.55. The minimum absolute atomic E-state index is 0.00125. The van der Waals surface area contributed by atoms with Gasteiger partial charge in [0.2, 0.25) is 0 Å². The van der Waals surface area contributed by atoms with Crippen LogP contribution in [-0.4, -0.2) is 58.2 Å². The predicted octanol–water partition coefficient (Wildman–Crippen LogP) is 10.9. The van der Waals surface area contributed by atoms with Crippen LogP contribution in [0.1, 0.15) is 30.9 Å².